The standard InChI is InChI=1S/C10H22N2/c1-3-10(5-7-11-4-2)6-8-12-9-10/h11-12H,3-9H2,1-2H3. The molecule has 0 radical (unpaired) electrons. The summed E-state index contributed by atoms with van der Waals surface area (Å²) in [4.78, 5) is 0. The second-order valence-corrected chi connectivity index (χ2v) is 3.88. The third-order valence-corrected chi connectivity index (χ3v) is 3.16. The van der Waals surface area contributed by atoms with Crippen LogP contribution in [0.1, 0.15) is 33.1 Å². The molecule has 2 N–H and O–H groups in total. The molecule has 0 amide bonds. The van der Waals surface area contributed by atoms with E-state index in [1.165, 1.54) is 38.9 Å². The number of rotatable bonds is 5. The molecule has 1 unspecified atom stereocenters. The van der Waals surface area contributed by atoms with Gasteiger partial charge < -0.3 is 10.6 Å². The van der Waals surface area contributed by atoms with Crippen molar-refractivity contribution in [1.29, 1.82) is 0 Å². The van der Waals surface area contributed by atoms with Crippen LogP contribution < -0.4 is 10.6 Å². The van der Waals surface area contributed by atoms with Crippen molar-refractivity contribution in [3.05, 3.63) is 0 Å². The normalized spacial score (nSPS) is 29.5. The van der Waals surface area contributed by atoms with Crippen LogP contribution in [-0.4, -0.2) is 26.2 Å². The molecule has 2 heteroatoms. The van der Waals surface area contributed by atoms with E-state index in [1.807, 2.05) is 0 Å². The topological polar surface area (TPSA) is 24.1 Å². The Morgan fingerprint density at radius 1 is 1.42 bits per heavy atom. The maximum absolute atomic E-state index is 3.46. The summed E-state index contributed by atoms with van der Waals surface area (Å²) in [5.74, 6) is 0. The minimum Gasteiger partial charge on any atom is -0.317 e. The quantitative estimate of drug-likeness (QED) is 0.609. The van der Waals surface area contributed by atoms with Crippen molar-refractivity contribution in [2.45, 2.75) is 33.1 Å². The fraction of sp³-hybridized carbons (Fsp3) is 1.00. The third kappa shape index (κ3) is 2.46. The molecule has 1 heterocycles. The van der Waals surface area contributed by atoms with E-state index < -0.39 is 0 Å². The molecule has 0 saturated carbocycles. The van der Waals surface area contributed by atoms with E-state index in [2.05, 4.69) is 24.5 Å². The lowest BCUT2D eigenvalue weighted by Gasteiger charge is -2.26. The molecular weight excluding hydrogens is 148 g/mol. The number of hydrogen-bond acceptors (Lipinski definition) is 2. The summed E-state index contributed by atoms with van der Waals surface area (Å²) in [6.07, 6.45) is 4.03. The highest BCUT2D eigenvalue weighted by Crippen LogP contribution is 2.32. The largest absolute Gasteiger partial charge is 0.317 e. The predicted octanol–water partition coefficient (Wildman–Crippen LogP) is 1.38. The molecule has 1 aliphatic rings. The average molecular weight is 170 g/mol. The fourth-order valence-electron chi connectivity index (χ4n) is 2.02. The van der Waals surface area contributed by atoms with Crippen LogP contribution in [0.5, 0.6) is 0 Å². The highest BCUT2D eigenvalue weighted by Gasteiger charge is 2.30. The Kier molecular flexibility index (Phi) is 4.02. The smallest absolute Gasteiger partial charge is 0.000866 e. The van der Waals surface area contributed by atoms with Gasteiger partial charge in [0, 0.05) is 6.54 Å². The molecule has 0 spiro atoms. The van der Waals surface area contributed by atoms with E-state index >= 15 is 0 Å². The van der Waals surface area contributed by atoms with Crippen molar-refractivity contribution in [3.8, 4) is 0 Å². The van der Waals surface area contributed by atoms with Crippen molar-refractivity contribution in [2.75, 3.05) is 26.2 Å². The SMILES string of the molecule is CCNCCC1(CC)CCNC1. The third-order valence-electron chi connectivity index (χ3n) is 3.16. The minimum atomic E-state index is 0.613. The Balaban J connectivity index is 2.24. The molecule has 0 aromatic rings. The number of hydrogen-bond donors (Lipinski definition) is 2. The maximum atomic E-state index is 3.46. The van der Waals surface area contributed by atoms with Crippen LogP contribution in [0.3, 0.4) is 0 Å². The molecule has 0 bridgehead atoms. The molecule has 12 heavy (non-hydrogen) atoms. The van der Waals surface area contributed by atoms with Gasteiger partial charge in [-0.25, -0.2) is 0 Å². The van der Waals surface area contributed by atoms with Crippen molar-refractivity contribution in [2.24, 2.45) is 5.41 Å². The molecular formula is C10H22N2. The van der Waals surface area contributed by atoms with E-state index in [4.69, 9.17) is 0 Å². The van der Waals surface area contributed by atoms with Crippen LogP contribution in [0.2, 0.25) is 0 Å². The van der Waals surface area contributed by atoms with E-state index in [-0.39, 0.29) is 0 Å². The highest BCUT2D eigenvalue weighted by molar-refractivity contribution is 4.86. The van der Waals surface area contributed by atoms with Gasteiger partial charge in [0.15, 0.2) is 0 Å². The molecule has 1 atom stereocenters. The van der Waals surface area contributed by atoms with E-state index in [0.29, 0.717) is 5.41 Å². The second kappa shape index (κ2) is 4.83. The Morgan fingerprint density at radius 3 is 2.75 bits per heavy atom. The summed E-state index contributed by atoms with van der Waals surface area (Å²) in [6, 6.07) is 0. The highest BCUT2D eigenvalue weighted by atomic mass is 14.9. The Bertz CT molecular complexity index is 117. The number of nitrogens with one attached hydrogen (secondary N) is 2. The van der Waals surface area contributed by atoms with Crippen molar-refractivity contribution in [1.82, 2.24) is 10.6 Å². The van der Waals surface area contributed by atoms with Gasteiger partial charge in [0.05, 0.1) is 0 Å². The monoisotopic (exact) mass is 170 g/mol. The van der Waals surface area contributed by atoms with Crippen LogP contribution in [0.15, 0.2) is 0 Å². The first-order valence-electron chi connectivity index (χ1n) is 5.24. The summed E-state index contributed by atoms with van der Waals surface area (Å²) in [5, 5.41) is 6.87. The summed E-state index contributed by atoms with van der Waals surface area (Å²) >= 11 is 0. The maximum Gasteiger partial charge on any atom is 0.000866 e. The van der Waals surface area contributed by atoms with Gasteiger partial charge in [0.25, 0.3) is 0 Å². The van der Waals surface area contributed by atoms with Gasteiger partial charge in [-0.2, -0.15) is 0 Å². The van der Waals surface area contributed by atoms with Crippen LogP contribution in [0.25, 0.3) is 0 Å². The first-order chi connectivity index (χ1) is 5.83. The van der Waals surface area contributed by atoms with Crippen molar-refractivity contribution in [3.63, 3.8) is 0 Å². The lowest BCUT2D eigenvalue weighted by Crippen LogP contribution is -2.28. The van der Waals surface area contributed by atoms with Gasteiger partial charge >= 0.3 is 0 Å². The zero-order valence-corrected chi connectivity index (χ0v) is 8.45. The molecule has 0 aromatic heterocycles. The first-order valence-corrected chi connectivity index (χ1v) is 5.24. The van der Waals surface area contributed by atoms with Crippen molar-refractivity contribution < 1.29 is 0 Å². The van der Waals surface area contributed by atoms with E-state index in [9.17, 15) is 0 Å². The van der Waals surface area contributed by atoms with Gasteiger partial charge in [0.1, 0.15) is 0 Å². The van der Waals surface area contributed by atoms with Gasteiger partial charge in [-0.05, 0) is 44.3 Å². The Hall–Kier alpha value is -0.0800. The molecule has 1 aliphatic heterocycles. The lowest BCUT2D eigenvalue weighted by molar-refractivity contribution is 0.280. The van der Waals surface area contributed by atoms with Gasteiger partial charge in [0.2, 0.25) is 0 Å². The minimum absolute atomic E-state index is 0.613. The van der Waals surface area contributed by atoms with Crippen LogP contribution >= 0.6 is 0 Å². The van der Waals surface area contributed by atoms with Crippen LogP contribution in [0, 0.1) is 5.41 Å². The van der Waals surface area contributed by atoms with Crippen molar-refractivity contribution >= 4 is 0 Å². The van der Waals surface area contributed by atoms with Crippen LogP contribution in [-0.2, 0) is 0 Å². The van der Waals surface area contributed by atoms with Gasteiger partial charge in [-0.3, -0.25) is 0 Å². The molecule has 72 valence electrons. The second-order valence-electron chi connectivity index (χ2n) is 3.88. The molecule has 1 fully saturated rings. The van der Waals surface area contributed by atoms with E-state index in [1.54, 1.807) is 0 Å². The summed E-state index contributed by atoms with van der Waals surface area (Å²) in [5.41, 5.74) is 0.613. The molecule has 0 aliphatic carbocycles. The zero-order chi connectivity index (χ0) is 8.86. The van der Waals surface area contributed by atoms with Gasteiger partial charge in [-0.1, -0.05) is 13.8 Å². The summed E-state index contributed by atoms with van der Waals surface area (Å²) in [6.45, 7) is 9.23. The first kappa shape index (κ1) is 10.0. The predicted molar refractivity (Wildman–Crippen MR) is 53.4 cm³/mol. The summed E-state index contributed by atoms with van der Waals surface area (Å²) < 4.78 is 0. The van der Waals surface area contributed by atoms with Gasteiger partial charge in [-0.15, -0.1) is 0 Å². The summed E-state index contributed by atoms with van der Waals surface area (Å²) in [7, 11) is 0. The molecule has 1 saturated heterocycles. The van der Waals surface area contributed by atoms with Crippen LogP contribution in [0.4, 0.5) is 0 Å². The van der Waals surface area contributed by atoms with E-state index in [0.717, 1.165) is 6.54 Å². The molecule has 1 rings (SSSR count). The lowest BCUT2D eigenvalue weighted by atomic mass is 9.81. The zero-order valence-electron chi connectivity index (χ0n) is 8.45. The molecule has 2 nitrogen and oxygen atoms in total. The average Bonchev–Trinajstić information content (AvgIpc) is 2.55. The molecule has 0 aromatic carbocycles. The fourth-order valence-corrected chi connectivity index (χ4v) is 2.02. The Labute approximate surface area is 76.1 Å². The Morgan fingerprint density at radius 2 is 2.25 bits per heavy atom.